The average Bonchev–Trinajstić information content (AvgIpc) is 3.07. The van der Waals surface area contributed by atoms with E-state index in [4.69, 9.17) is 9.15 Å². The molecule has 0 aliphatic rings. The van der Waals surface area contributed by atoms with Crippen molar-refractivity contribution in [2.45, 2.75) is 26.3 Å². The van der Waals surface area contributed by atoms with E-state index in [1.807, 2.05) is 55.5 Å². The Morgan fingerprint density at radius 1 is 1.12 bits per heavy atom. The molecule has 0 saturated carbocycles. The molecule has 134 valence electrons. The van der Waals surface area contributed by atoms with Crippen LogP contribution >= 0.6 is 0 Å². The Kier molecular flexibility index (Phi) is 5.63. The van der Waals surface area contributed by atoms with E-state index in [9.17, 15) is 9.59 Å². The predicted molar refractivity (Wildman–Crippen MR) is 96.3 cm³/mol. The van der Waals surface area contributed by atoms with Crippen LogP contribution < -0.4 is 5.32 Å². The number of benzene rings is 2. The maximum absolute atomic E-state index is 11.8. The second-order valence-electron chi connectivity index (χ2n) is 5.94. The van der Waals surface area contributed by atoms with Gasteiger partial charge in [0.2, 0.25) is 0 Å². The molecule has 6 nitrogen and oxygen atoms in total. The number of oxazole rings is 1. The summed E-state index contributed by atoms with van der Waals surface area (Å²) in [4.78, 5) is 27.9. The van der Waals surface area contributed by atoms with E-state index in [1.54, 1.807) is 0 Å². The molecule has 0 radical (unpaired) electrons. The van der Waals surface area contributed by atoms with E-state index in [-0.39, 0.29) is 18.9 Å². The molecule has 1 heterocycles. The topological polar surface area (TPSA) is 81.4 Å². The molecule has 0 aliphatic heterocycles. The molecule has 3 rings (SSSR count). The first-order valence-electron chi connectivity index (χ1n) is 8.43. The van der Waals surface area contributed by atoms with Crippen molar-refractivity contribution >= 4 is 23.0 Å². The van der Waals surface area contributed by atoms with E-state index in [0.717, 1.165) is 16.6 Å². The number of esters is 1. The van der Waals surface area contributed by atoms with Crippen molar-refractivity contribution in [1.82, 2.24) is 10.3 Å². The molecular weight excluding hydrogens is 332 g/mol. The predicted octanol–water partition coefficient (Wildman–Crippen LogP) is 2.93. The molecular formula is C20H20N2O4. The third-order valence-electron chi connectivity index (χ3n) is 3.98. The third kappa shape index (κ3) is 4.69. The van der Waals surface area contributed by atoms with Crippen LogP contribution in [-0.2, 0) is 27.3 Å². The molecule has 0 atom stereocenters. The quantitative estimate of drug-likeness (QED) is 0.661. The lowest BCUT2D eigenvalue weighted by Gasteiger charge is -2.08. The van der Waals surface area contributed by atoms with Crippen LogP contribution in [0.15, 0.2) is 52.9 Å². The van der Waals surface area contributed by atoms with Gasteiger partial charge in [0.25, 0.3) is 5.91 Å². The molecule has 3 aromatic rings. The van der Waals surface area contributed by atoms with Gasteiger partial charge in [0.1, 0.15) is 5.52 Å². The highest BCUT2D eigenvalue weighted by molar-refractivity contribution is 5.80. The van der Waals surface area contributed by atoms with Gasteiger partial charge in [0, 0.05) is 13.0 Å². The van der Waals surface area contributed by atoms with Gasteiger partial charge in [-0.2, -0.15) is 0 Å². The van der Waals surface area contributed by atoms with E-state index in [2.05, 4.69) is 10.3 Å². The number of nitrogens with zero attached hydrogens (tertiary/aromatic N) is 1. The Morgan fingerprint density at radius 3 is 2.69 bits per heavy atom. The van der Waals surface area contributed by atoms with Gasteiger partial charge in [-0.15, -0.1) is 0 Å². The number of amides is 1. The molecule has 0 aliphatic carbocycles. The van der Waals surface area contributed by atoms with Gasteiger partial charge in [-0.1, -0.05) is 36.4 Å². The summed E-state index contributed by atoms with van der Waals surface area (Å²) in [5, 5.41) is 2.74. The van der Waals surface area contributed by atoms with Gasteiger partial charge in [-0.3, -0.25) is 9.59 Å². The number of carbonyl (C=O) groups excluding carboxylic acids is 2. The van der Waals surface area contributed by atoms with E-state index < -0.39 is 5.97 Å². The maximum atomic E-state index is 11.8. The van der Waals surface area contributed by atoms with Crippen LogP contribution in [0.2, 0.25) is 0 Å². The Labute approximate surface area is 151 Å². The maximum Gasteiger partial charge on any atom is 0.306 e. The fraction of sp³-hybridized carbons (Fsp3) is 0.250. The van der Waals surface area contributed by atoms with Crippen molar-refractivity contribution in [3.8, 4) is 0 Å². The van der Waals surface area contributed by atoms with Gasteiger partial charge in [0.15, 0.2) is 18.1 Å². The first-order valence-corrected chi connectivity index (χ1v) is 8.43. The van der Waals surface area contributed by atoms with Crippen LogP contribution in [0, 0.1) is 6.92 Å². The van der Waals surface area contributed by atoms with Crippen LogP contribution in [0.1, 0.15) is 23.4 Å². The smallest absolute Gasteiger partial charge is 0.306 e. The van der Waals surface area contributed by atoms with Gasteiger partial charge < -0.3 is 14.5 Å². The normalized spacial score (nSPS) is 10.7. The molecule has 0 spiro atoms. The summed E-state index contributed by atoms with van der Waals surface area (Å²) in [5.41, 5.74) is 3.57. The van der Waals surface area contributed by atoms with Crippen LogP contribution in [0.3, 0.4) is 0 Å². The number of ether oxygens (including phenoxy) is 1. The number of hydrogen-bond donors (Lipinski definition) is 1. The zero-order valence-corrected chi connectivity index (χ0v) is 14.5. The third-order valence-corrected chi connectivity index (χ3v) is 3.98. The molecule has 0 saturated heterocycles. The molecule has 6 heteroatoms. The number of rotatable bonds is 7. The summed E-state index contributed by atoms with van der Waals surface area (Å²) in [6, 6.07) is 15.2. The van der Waals surface area contributed by atoms with E-state index >= 15 is 0 Å². The molecule has 0 unspecified atom stereocenters. The van der Waals surface area contributed by atoms with Gasteiger partial charge in [-0.05, 0) is 30.2 Å². The lowest BCUT2D eigenvalue weighted by atomic mass is 10.1. The minimum absolute atomic E-state index is 0.109. The zero-order chi connectivity index (χ0) is 18.4. The van der Waals surface area contributed by atoms with Crippen molar-refractivity contribution in [2.75, 3.05) is 6.61 Å². The van der Waals surface area contributed by atoms with Crippen molar-refractivity contribution in [1.29, 1.82) is 0 Å². The average molecular weight is 352 g/mol. The second-order valence-corrected chi connectivity index (χ2v) is 5.94. The summed E-state index contributed by atoms with van der Waals surface area (Å²) in [6.07, 6.45) is 0.441. The van der Waals surface area contributed by atoms with E-state index in [0.29, 0.717) is 24.4 Å². The number of nitrogens with one attached hydrogen (secondary N) is 1. The summed E-state index contributed by atoms with van der Waals surface area (Å²) in [6.45, 7) is 2.10. The van der Waals surface area contributed by atoms with Crippen LogP contribution in [0.5, 0.6) is 0 Å². The Morgan fingerprint density at radius 2 is 1.88 bits per heavy atom. The van der Waals surface area contributed by atoms with Gasteiger partial charge in [-0.25, -0.2) is 4.98 Å². The molecule has 1 aromatic heterocycles. The minimum atomic E-state index is -0.460. The van der Waals surface area contributed by atoms with Crippen molar-refractivity contribution in [3.63, 3.8) is 0 Å². The van der Waals surface area contributed by atoms with Gasteiger partial charge >= 0.3 is 5.97 Å². The second kappa shape index (κ2) is 8.29. The molecule has 26 heavy (non-hydrogen) atoms. The fourth-order valence-corrected chi connectivity index (χ4v) is 2.51. The lowest BCUT2D eigenvalue weighted by molar-refractivity contribution is -0.148. The molecule has 1 N–H and O–H groups in total. The van der Waals surface area contributed by atoms with Crippen LogP contribution in [0.25, 0.3) is 11.1 Å². The van der Waals surface area contributed by atoms with Crippen molar-refractivity contribution in [3.05, 3.63) is 65.5 Å². The monoisotopic (exact) mass is 352 g/mol. The molecule has 2 aromatic carbocycles. The Hall–Kier alpha value is -3.15. The molecule has 0 fully saturated rings. The van der Waals surface area contributed by atoms with Crippen molar-refractivity contribution < 1.29 is 18.7 Å². The number of carbonyl (C=O) groups is 2. The number of para-hydroxylation sites is 2. The summed E-state index contributed by atoms with van der Waals surface area (Å²) < 4.78 is 10.5. The SMILES string of the molecule is Cc1ccccc1CNC(=O)COC(=O)CCc1nc2ccccc2o1. The highest BCUT2D eigenvalue weighted by atomic mass is 16.5. The highest BCUT2D eigenvalue weighted by Crippen LogP contribution is 2.15. The highest BCUT2D eigenvalue weighted by Gasteiger charge is 2.11. The summed E-state index contributed by atoms with van der Waals surface area (Å²) in [7, 11) is 0. The summed E-state index contributed by atoms with van der Waals surface area (Å²) >= 11 is 0. The van der Waals surface area contributed by atoms with Crippen molar-refractivity contribution in [2.24, 2.45) is 0 Å². The fourth-order valence-electron chi connectivity index (χ4n) is 2.51. The minimum Gasteiger partial charge on any atom is -0.456 e. The van der Waals surface area contributed by atoms with Crippen LogP contribution in [0.4, 0.5) is 0 Å². The number of aryl methyl sites for hydroxylation is 2. The Bertz CT molecular complexity index is 884. The number of aromatic nitrogens is 1. The Balaban J connectivity index is 1.39. The lowest BCUT2D eigenvalue weighted by Crippen LogP contribution is -2.28. The van der Waals surface area contributed by atoms with Gasteiger partial charge in [0.05, 0.1) is 6.42 Å². The zero-order valence-electron chi connectivity index (χ0n) is 14.5. The molecule has 1 amide bonds. The summed E-state index contributed by atoms with van der Waals surface area (Å²) in [5.74, 6) is -0.311. The van der Waals surface area contributed by atoms with Crippen LogP contribution in [-0.4, -0.2) is 23.5 Å². The standard InChI is InChI=1S/C20H20N2O4/c1-14-6-2-3-7-15(14)12-21-18(23)13-25-20(24)11-10-19-22-16-8-4-5-9-17(16)26-19/h2-9H,10-13H2,1H3,(H,21,23). The van der Waals surface area contributed by atoms with E-state index in [1.165, 1.54) is 0 Å². The first-order chi connectivity index (χ1) is 12.6. The first kappa shape index (κ1) is 17.7. The molecule has 0 bridgehead atoms. The largest absolute Gasteiger partial charge is 0.456 e. The number of fused-ring (bicyclic) bond motifs is 1. The number of hydrogen-bond acceptors (Lipinski definition) is 5.